The van der Waals surface area contributed by atoms with Crippen LogP contribution in [0.15, 0.2) is 36.5 Å². The molecule has 2 heterocycles. The summed E-state index contributed by atoms with van der Waals surface area (Å²) >= 11 is 0. The predicted molar refractivity (Wildman–Crippen MR) is 95.2 cm³/mol. The second-order valence-electron chi connectivity index (χ2n) is 6.45. The van der Waals surface area contributed by atoms with Gasteiger partial charge in [0.2, 0.25) is 0 Å². The van der Waals surface area contributed by atoms with E-state index in [1.54, 1.807) is 11.8 Å². The van der Waals surface area contributed by atoms with Gasteiger partial charge in [0.15, 0.2) is 0 Å². The van der Waals surface area contributed by atoms with Crippen LogP contribution < -0.4 is 4.90 Å². The lowest BCUT2D eigenvalue weighted by molar-refractivity contribution is -0.385. The van der Waals surface area contributed by atoms with Crippen molar-refractivity contribution in [3.63, 3.8) is 0 Å². The first-order valence-electron chi connectivity index (χ1n) is 8.49. The van der Waals surface area contributed by atoms with Crippen LogP contribution in [0.1, 0.15) is 21.5 Å². The topological polar surface area (TPSA) is 79.6 Å². The van der Waals surface area contributed by atoms with E-state index in [-0.39, 0.29) is 17.2 Å². The van der Waals surface area contributed by atoms with Gasteiger partial charge in [-0.15, -0.1) is 0 Å². The number of aromatic nitrogens is 1. The molecule has 1 amide bonds. The molecule has 0 unspecified atom stereocenters. The second kappa shape index (κ2) is 7.45. The first-order valence-corrected chi connectivity index (χ1v) is 8.49. The molecule has 28 heavy (non-hydrogen) atoms. The fourth-order valence-electron chi connectivity index (χ4n) is 3.09. The summed E-state index contributed by atoms with van der Waals surface area (Å²) in [7, 11) is 0. The quantitative estimate of drug-likeness (QED) is 0.590. The minimum atomic E-state index is -4.44. The Labute approximate surface area is 158 Å². The molecule has 0 radical (unpaired) electrons. The van der Waals surface area contributed by atoms with E-state index >= 15 is 0 Å². The van der Waals surface area contributed by atoms with Crippen LogP contribution in [0.25, 0.3) is 0 Å². The third-order valence-corrected chi connectivity index (χ3v) is 4.57. The van der Waals surface area contributed by atoms with E-state index in [4.69, 9.17) is 0 Å². The number of carbonyl (C=O) groups is 1. The fraction of sp³-hybridized carbons (Fsp3) is 0.333. The Balaban J connectivity index is 1.65. The summed E-state index contributed by atoms with van der Waals surface area (Å²) in [6, 6.07) is 5.60. The van der Waals surface area contributed by atoms with Crippen molar-refractivity contribution in [2.45, 2.75) is 13.1 Å². The van der Waals surface area contributed by atoms with Gasteiger partial charge in [-0.05, 0) is 36.8 Å². The van der Waals surface area contributed by atoms with E-state index in [0.29, 0.717) is 37.6 Å². The number of carbonyl (C=O) groups excluding carboxylic acids is 1. The van der Waals surface area contributed by atoms with Gasteiger partial charge < -0.3 is 9.80 Å². The monoisotopic (exact) mass is 394 g/mol. The number of rotatable bonds is 3. The first kappa shape index (κ1) is 19.6. The molecule has 7 nitrogen and oxygen atoms in total. The number of anilines is 1. The van der Waals surface area contributed by atoms with Crippen LogP contribution in [0.2, 0.25) is 0 Å². The number of hydrogen-bond acceptors (Lipinski definition) is 5. The summed E-state index contributed by atoms with van der Waals surface area (Å²) in [4.78, 5) is 30.5. The molecule has 148 valence electrons. The number of aryl methyl sites for hydroxylation is 1. The maximum Gasteiger partial charge on any atom is 0.416 e. The van der Waals surface area contributed by atoms with Crippen LogP contribution in [-0.4, -0.2) is 46.9 Å². The van der Waals surface area contributed by atoms with E-state index < -0.39 is 16.7 Å². The molecule has 10 heteroatoms. The first-order chi connectivity index (χ1) is 13.2. The summed E-state index contributed by atoms with van der Waals surface area (Å²) < 4.78 is 37.9. The molecule has 0 aliphatic carbocycles. The molecule has 1 saturated heterocycles. The van der Waals surface area contributed by atoms with Gasteiger partial charge in [0.25, 0.3) is 11.6 Å². The summed E-state index contributed by atoms with van der Waals surface area (Å²) in [6.07, 6.45) is -3.25. The standard InChI is InChI=1S/C18H17F3N4O3/c1-12-10-15(25(27)28)11-22-16(12)23-6-8-24(9-7-23)17(26)13-2-4-14(5-3-13)18(19,20)21/h2-5,10-11H,6-9H2,1H3. The number of halogens is 3. The summed E-state index contributed by atoms with van der Waals surface area (Å²) in [6.45, 7) is 3.42. The van der Waals surface area contributed by atoms with E-state index in [1.165, 1.54) is 24.4 Å². The Bertz CT molecular complexity index is 892. The van der Waals surface area contributed by atoms with E-state index in [1.807, 2.05) is 4.90 Å². The summed E-state index contributed by atoms with van der Waals surface area (Å²) in [5, 5.41) is 10.8. The lowest BCUT2D eigenvalue weighted by Gasteiger charge is -2.36. The van der Waals surface area contributed by atoms with Crippen LogP contribution in [0.5, 0.6) is 0 Å². The van der Waals surface area contributed by atoms with Crippen LogP contribution >= 0.6 is 0 Å². The van der Waals surface area contributed by atoms with Crippen LogP contribution in [0.3, 0.4) is 0 Å². The van der Waals surface area contributed by atoms with E-state index in [9.17, 15) is 28.1 Å². The summed E-state index contributed by atoms with van der Waals surface area (Å²) in [5.41, 5.74) is -0.0197. The molecule has 3 rings (SSSR count). The van der Waals surface area contributed by atoms with E-state index in [0.717, 1.165) is 12.1 Å². The van der Waals surface area contributed by atoms with Gasteiger partial charge in [0, 0.05) is 37.8 Å². The highest BCUT2D eigenvalue weighted by atomic mass is 19.4. The number of alkyl halides is 3. The number of hydrogen-bond donors (Lipinski definition) is 0. The average molecular weight is 394 g/mol. The highest BCUT2D eigenvalue weighted by Crippen LogP contribution is 2.29. The minimum Gasteiger partial charge on any atom is -0.353 e. The highest BCUT2D eigenvalue weighted by molar-refractivity contribution is 5.94. The molecule has 1 aliphatic heterocycles. The van der Waals surface area contributed by atoms with Gasteiger partial charge in [0.05, 0.1) is 10.5 Å². The van der Waals surface area contributed by atoms with E-state index in [2.05, 4.69) is 4.98 Å². The molecular formula is C18H17F3N4O3. The number of amides is 1. The fourth-order valence-corrected chi connectivity index (χ4v) is 3.09. The van der Waals surface area contributed by atoms with Gasteiger partial charge in [-0.2, -0.15) is 13.2 Å². The average Bonchev–Trinajstić information content (AvgIpc) is 2.67. The molecule has 1 aromatic carbocycles. The Morgan fingerprint density at radius 3 is 2.25 bits per heavy atom. The molecule has 0 saturated carbocycles. The summed E-state index contributed by atoms with van der Waals surface area (Å²) in [5.74, 6) is 0.286. The Hall–Kier alpha value is -3.17. The molecular weight excluding hydrogens is 377 g/mol. The third kappa shape index (κ3) is 4.05. The largest absolute Gasteiger partial charge is 0.416 e. The number of pyridine rings is 1. The number of nitrogens with zero attached hydrogens (tertiary/aromatic N) is 4. The predicted octanol–water partition coefficient (Wildman–Crippen LogP) is 3.28. The zero-order valence-corrected chi connectivity index (χ0v) is 14.9. The Kier molecular flexibility index (Phi) is 5.21. The molecule has 1 aliphatic rings. The zero-order chi connectivity index (χ0) is 20.5. The van der Waals surface area contributed by atoms with Gasteiger partial charge in [-0.3, -0.25) is 14.9 Å². The molecule has 0 N–H and O–H groups in total. The van der Waals surface area contributed by atoms with Crippen molar-refractivity contribution in [2.75, 3.05) is 31.1 Å². The Morgan fingerprint density at radius 2 is 1.75 bits per heavy atom. The molecule has 1 fully saturated rings. The molecule has 0 spiro atoms. The second-order valence-corrected chi connectivity index (χ2v) is 6.45. The normalized spacial score (nSPS) is 14.9. The molecule has 0 bridgehead atoms. The lowest BCUT2D eigenvalue weighted by atomic mass is 10.1. The van der Waals surface area contributed by atoms with Crippen molar-refractivity contribution in [1.82, 2.24) is 9.88 Å². The number of nitro groups is 1. The van der Waals surface area contributed by atoms with Crippen molar-refractivity contribution in [3.8, 4) is 0 Å². The van der Waals surface area contributed by atoms with Crippen LogP contribution in [-0.2, 0) is 6.18 Å². The van der Waals surface area contributed by atoms with Crippen molar-refractivity contribution in [2.24, 2.45) is 0 Å². The van der Waals surface area contributed by atoms with Crippen molar-refractivity contribution < 1.29 is 22.9 Å². The van der Waals surface area contributed by atoms with Gasteiger partial charge in [0.1, 0.15) is 12.0 Å². The maximum atomic E-state index is 12.6. The SMILES string of the molecule is Cc1cc([N+](=O)[O-])cnc1N1CCN(C(=O)c2ccc(C(F)(F)F)cc2)CC1. The van der Waals surface area contributed by atoms with Gasteiger partial charge in [-0.1, -0.05) is 0 Å². The molecule has 2 aromatic rings. The Morgan fingerprint density at radius 1 is 1.14 bits per heavy atom. The molecule has 0 atom stereocenters. The lowest BCUT2D eigenvalue weighted by Crippen LogP contribution is -2.49. The van der Waals surface area contributed by atoms with Crippen LogP contribution in [0, 0.1) is 17.0 Å². The van der Waals surface area contributed by atoms with Gasteiger partial charge in [-0.25, -0.2) is 4.98 Å². The molecule has 1 aromatic heterocycles. The zero-order valence-electron chi connectivity index (χ0n) is 14.9. The maximum absolute atomic E-state index is 12.6. The number of benzene rings is 1. The third-order valence-electron chi connectivity index (χ3n) is 4.57. The van der Waals surface area contributed by atoms with Crippen molar-refractivity contribution in [3.05, 3.63) is 63.3 Å². The van der Waals surface area contributed by atoms with Crippen molar-refractivity contribution >= 4 is 17.4 Å². The minimum absolute atomic E-state index is 0.0858. The van der Waals surface area contributed by atoms with Crippen molar-refractivity contribution in [1.29, 1.82) is 0 Å². The smallest absolute Gasteiger partial charge is 0.353 e. The highest BCUT2D eigenvalue weighted by Gasteiger charge is 2.31. The van der Waals surface area contributed by atoms with Gasteiger partial charge >= 0.3 is 6.18 Å². The van der Waals surface area contributed by atoms with Crippen LogP contribution in [0.4, 0.5) is 24.7 Å². The number of piperazine rings is 1.